The van der Waals surface area contributed by atoms with Crippen molar-refractivity contribution in [1.82, 2.24) is 20.0 Å². The summed E-state index contributed by atoms with van der Waals surface area (Å²) in [7, 11) is 6.29. The minimum Gasteiger partial charge on any atom is -0.355 e. The highest BCUT2D eigenvalue weighted by atomic mass is 15.3. The standard InChI is InChI=1S/C18H31N5/c1-21(2)18(20-16-17-8-5-4-6-9-17)19-10-13-23-12-7-11-22(3)14-15-23/h4-6,8-9H,7,10-16H2,1-3H3,(H,19,20). The van der Waals surface area contributed by atoms with Gasteiger partial charge in [0.25, 0.3) is 0 Å². The second kappa shape index (κ2) is 9.53. The Balaban J connectivity index is 1.78. The summed E-state index contributed by atoms with van der Waals surface area (Å²) in [6, 6.07) is 10.4. The Labute approximate surface area is 141 Å². The summed E-state index contributed by atoms with van der Waals surface area (Å²) in [6.45, 7) is 7.48. The van der Waals surface area contributed by atoms with Crippen molar-refractivity contribution in [3.05, 3.63) is 35.9 Å². The molecule has 0 aromatic heterocycles. The molecule has 1 aromatic rings. The number of hydrogen-bond donors (Lipinski definition) is 1. The highest BCUT2D eigenvalue weighted by molar-refractivity contribution is 5.79. The highest BCUT2D eigenvalue weighted by Gasteiger charge is 2.11. The van der Waals surface area contributed by atoms with Gasteiger partial charge in [0.1, 0.15) is 0 Å². The third-order valence-electron chi connectivity index (χ3n) is 4.20. The van der Waals surface area contributed by atoms with Crippen molar-refractivity contribution in [3.63, 3.8) is 0 Å². The zero-order chi connectivity index (χ0) is 16.5. The molecule has 1 N–H and O–H groups in total. The monoisotopic (exact) mass is 317 g/mol. The quantitative estimate of drug-likeness (QED) is 0.656. The molecule has 0 atom stereocenters. The van der Waals surface area contributed by atoms with Crippen LogP contribution in [0.2, 0.25) is 0 Å². The molecule has 5 nitrogen and oxygen atoms in total. The van der Waals surface area contributed by atoms with Crippen LogP contribution in [0.15, 0.2) is 35.3 Å². The van der Waals surface area contributed by atoms with E-state index in [1.165, 1.54) is 31.6 Å². The maximum Gasteiger partial charge on any atom is 0.193 e. The molecule has 1 fully saturated rings. The molecular weight excluding hydrogens is 286 g/mol. The van der Waals surface area contributed by atoms with Crippen molar-refractivity contribution in [2.45, 2.75) is 13.0 Å². The minimum absolute atomic E-state index is 0.718. The second-order valence-corrected chi connectivity index (χ2v) is 6.45. The molecule has 1 aromatic carbocycles. The number of nitrogens with zero attached hydrogens (tertiary/aromatic N) is 4. The molecule has 0 spiro atoms. The van der Waals surface area contributed by atoms with Crippen LogP contribution in [-0.4, -0.2) is 81.1 Å². The summed E-state index contributed by atoms with van der Waals surface area (Å²) >= 11 is 0. The van der Waals surface area contributed by atoms with Gasteiger partial charge in [-0.25, -0.2) is 4.99 Å². The Hall–Kier alpha value is -1.59. The maximum absolute atomic E-state index is 4.71. The van der Waals surface area contributed by atoms with E-state index in [1.807, 2.05) is 20.2 Å². The number of aliphatic imine (C=N–C) groups is 1. The van der Waals surface area contributed by atoms with E-state index in [-0.39, 0.29) is 0 Å². The summed E-state index contributed by atoms with van der Waals surface area (Å²) in [6.07, 6.45) is 1.26. The van der Waals surface area contributed by atoms with Crippen LogP contribution in [0.1, 0.15) is 12.0 Å². The van der Waals surface area contributed by atoms with E-state index in [9.17, 15) is 0 Å². The second-order valence-electron chi connectivity index (χ2n) is 6.45. The lowest BCUT2D eigenvalue weighted by molar-refractivity contribution is 0.279. The van der Waals surface area contributed by atoms with Gasteiger partial charge in [-0.1, -0.05) is 30.3 Å². The van der Waals surface area contributed by atoms with Gasteiger partial charge >= 0.3 is 0 Å². The average molecular weight is 317 g/mol. The number of nitrogens with one attached hydrogen (secondary N) is 1. The van der Waals surface area contributed by atoms with Crippen LogP contribution < -0.4 is 5.32 Å². The molecule has 0 amide bonds. The van der Waals surface area contributed by atoms with Crippen molar-refractivity contribution < 1.29 is 0 Å². The Morgan fingerprint density at radius 2 is 1.91 bits per heavy atom. The lowest BCUT2D eigenvalue weighted by Gasteiger charge is -2.22. The van der Waals surface area contributed by atoms with E-state index in [2.05, 4.69) is 51.3 Å². The van der Waals surface area contributed by atoms with Gasteiger partial charge in [-0.2, -0.15) is 0 Å². The van der Waals surface area contributed by atoms with Gasteiger partial charge < -0.3 is 20.0 Å². The summed E-state index contributed by atoms with van der Waals surface area (Å²) in [5.74, 6) is 0.959. The van der Waals surface area contributed by atoms with Gasteiger partial charge in [0.05, 0.1) is 6.54 Å². The Morgan fingerprint density at radius 3 is 2.65 bits per heavy atom. The summed E-state index contributed by atoms with van der Waals surface area (Å²) in [5, 5.41) is 3.49. The molecule has 0 saturated carbocycles. The van der Waals surface area contributed by atoms with Gasteiger partial charge in [-0.15, -0.1) is 0 Å². The van der Waals surface area contributed by atoms with E-state index in [4.69, 9.17) is 4.99 Å². The third-order valence-corrected chi connectivity index (χ3v) is 4.20. The van der Waals surface area contributed by atoms with Crippen LogP contribution in [-0.2, 0) is 6.54 Å². The molecule has 1 aliphatic rings. The first-order valence-electron chi connectivity index (χ1n) is 8.55. The highest BCUT2D eigenvalue weighted by Crippen LogP contribution is 2.01. The SMILES string of the molecule is CN1CCCN(CCNC(=NCc2ccccc2)N(C)C)CC1. The van der Waals surface area contributed by atoms with Gasteiger partial charge in [-0.3, -0.25) is 0 Å². The number of hydrogen-bond acceptors (Lipinski definition) is 3. The van der Waals surface area contributed by atoms with Gasteiger partial charge in [0.2, 0.25) is 0 Å². The predicted molar refractivity (Wildman–Crippen MR) is 97.8 cm³/mol. The van der Waals surface area contributed by atoms with Crippen LogP contribution >= 0.6 is 0 Å². The lowest BCUT2D eigenvalue weighted by Crippen LogP contribution is -2.41. The summed E-state index contributed by atoms with van der Waals surface area (Å²) in [4.78, 5) is 11.7. The largest absolute Gasteiger partial charge is 0.355 e. The number of benzene rings is 1. The van der Waals surface area contributed by atoms with Crippen LogP contribution in [0.25, 0.3) is 0 Å². The van der Waals surface area contributed by atoms with E-state index in [0.29, 0.717) is 0 Å². The van der Waals surface area contributed by atoms with Crippen LogP contribution in [0.3, 0.4) is 0 Å². The molecule has 0 bridgehead atoms. The maximum atomic E-state index is 4.71. The Morgan fingerprint density at radius 1 is 1.13 bits per heavy atom. The first-order chi connectivity index (χ1) is 11.1. The zero-order valence-corrected chi connectivity index (χ0v) is 14.8. The summed E-state index contributed by atoms with van der Waals surface area (Å²) < 4.78 is 0. The van der Waals surface area contributed by atoms with Gasteiger partial charge in [0, 0.05) is 40.3 Å². The van der Waals surface area contributed by atoms with Crippen molar-refractivity contribution in [2.24, 2.45) is 4.99 Å². The van der Waals surface area contributed by atoms with E-state index in [1.54, 1.807) is 0 Å². The molecule has 1 aliphatic heterocycles. The average Bonchev–Trinajstić information content (AvgIpc) is 2.76. The molecule has 0 radical (unpaired) electrons. The van der Waals surface area contributed by atoms with Crippen molar-refractivity contribution in [2.75, 3.05) is 60.4 Å². The smallest absolute Gasteiger partial charge is 0.193 e. The molecule has 5 heteroatoms. The molecule has 2 rings (SSSR count). The van der Waals surface area contributed by atoms with Gasteiger partial charge in [0.15, 0.2) is 5.96 Å². The normalized spacial score (nSPS) is 17.8. The van der Waals surface area contributed by atoms with Crippen molar-refractivity contribution >= 4 is 5.96 Å². The van der Waals surface area contributed by atoms with Crippen molar-refractivity contribution in [1.29, 1.82) is 0 Å². The first-order valence-corrected chi connectivity index (χ1v) is 8.55. The summed E-state index contributed by atoms with van der Waals surface area (Å²) in [5.41, 5.74) is 1.24. The molecule has 23 heavy (non-hydrogen) atoms. The molecule has 0 unspecified atom stereocenters. The fourth-order valence-electron chi connectivity index (χ4n) is 2.75. The van der Waals surface area contributed by atoms with Crippen LogP contribution in [0.5, 0.6) is 0 Å². The number of likely N-dealkylation sites (N-methyl/N-ethyl adjacent to an activating group) is 1. The molecule has 128 valence electrons. The minimum atomic E-state index is 0.718. The Bertz CT molecular complexity index is 472. The molecule has 0 aliphatic carbocycles. The topological polar surface area (TPSA) is 34.1 Å². The van der Waals surface area contributed by atoms with Gasteiger partial charge in [-0.05, 0) is 32.1 Å². The molecular formula is C18H31N5. The number of rotatable bonds is 5. The fraction of sp³-hybridized carbons (Fsp3) is 0.611. The van der Waals surface area contributed by atoms with E-state index < -0.39 is 0 Å². The lowest BCUT2D eigenvalue weighted by atomic mass is 10.2. The predicted octanol–water partition coefficient (Wildman–Crippen LogP) is 1.33. The number of guanidine groups is 1. The zero-order valence-electron chi connectivity index (χ0n) is 14.8. The Kier molecular flexibility index (Phi) is 7.36. The van der Waals surface area contributed by atoms with Crippen LogP contribution in [0.4, 0.5) is 0 Å². The van der Waals surface area contributed by atoms with Crippen LogP contribution in [0, 0.1) is 0 Å². The van der Waals surface area contributed by atoms with Crippen molar-refractivity contribution in [3.8, 4) is 0 Å². The van der Waals surface area contributed by atoms with E-state index in [0.717, 1.165) is 32.1 Å². The first kappa shape index (κ1) is 17.8. The fourth-order valence-corrected chi connectivity index (χ4v) is 2.75. The molecule has 1 saturated heterocycles. The molecule has 1 heterocycles. The third kappa shape index (κ3) is 6.59. The van der Waals surface area contributed by atoms with E-state index >= 15 is 0 Å².